The van der Waals surface area contributed by atoms with Crippen LogP contribution in [0.15, 0.2) is 35.2 Å². The number of rotatable bonds is 3. The number of likely N-dealkylation sites (tertiary alicyclic amines) is 2. The highest BCUT2D eigenvalue weighted by atomic mass is 32.1. The maximum Gasteiger partial charge on any atom is 0.273 e. The van der Waals surface area contributed by atoms with Crippen molar-refractivity contribution < 1.29 is 9.18 Å². The zero-order valence-corrected chi connectivity index (χ0v) is 13.5. The average molecular weight is 331 g/mol. The standard InChI is InChI=1S/C17H18FN3OS/c18-15-3-1-12(2-4-15)5-20-6-13-8-21(9-14(13)7-20)17(22)16-10-23-11-19-16/h1-4,10-11,13-14H,5-9H2/t13-,14-/m0/s1. The Balaban J connectivity index is 1.35. The lowest BCUT2D eigenvalue weighted by Gasteiger charge is -2.21. The first-order valence-corrected chi connectivity index (χ1v) is 8.77. The van der Waals surface area contributed by atoms with Gasteiger partial charge in [-0.1, -0.05) is 12.1 Å². The number of benzene rings is 1. The van der Waals surface area contributed by atoms with Crippen molar-refractivity contribution in [2.75, 3.05) is 26.2 Å². The summed E-state index contributed by atoms with van der Waals surface area (Å²) in [7, 11) is 0. The normalized spacial score (nSPS) is 24.1. The number of thiazole rings is 1. The highest BCUT2D eigenvalue weighted by Crippen LogP contribution is 2.32. The van der Waals surface area contributed by atoms with Crippen molar-refractivity contribution >= 4 is 17.2 Å². The second-order valence-electron chi connectivity index (χ2n) is 6.42. The number of hydrogen-bond acceptors (Lipinski definition) is 4. The van der Waals surface area contributed by atoms with E-state index in [1.165, 1.54) is 23.5 Å². The van der Waals surface area contributed by atoms with E-state index in [1.807, 2.05) is 22.4 Å². The van der Waals surface area contributed by atoms with Gasteiger partial charge in [0.05, 0.1) is 5.51 Å². The number of halogens is 1. The summed E-state index contributed by atoms with van der Waals surface area (Å²) in [6.45, 7) is 4.50. The molecule has 3 heterocycles. The van der Waals surface area contributed by atoms with Crippen molar-refractivity contribution in [3.05, 3.63) is 52.2 Å². The molecular weight excluding hydrogens is 313 g/mol. The molecule has 0 spiro atoms. The predicted octanol–water partition coefficient (Wildman–Crippen LogP) is 2.49. The van der Waals surface area contributed by atoms with Gasteiger partial charge in [0.25, 0.3) is 5.91 Å². The minimum absolute atomic E-state index is 0.0609. The molecule has 2 saturated heterocycles. The second-order valence-corrected chi connectivity index (χ2v) is 7.14. The minimum Gasteiger partial charge on any atom is -0.337 e. The van der Waals surface area contributed by atoms with E-state index in [2.05, 4.69) is 9.88 Å². The van der Waals surface area contributed by atoms with Crippen molar-refractivity contribution in [2.45, 2.75) is 6.54 Å². The van der Waals surface area contributed by atoms with Crippen LogP contribution in [0.3, 0.4) is 0 Å². The summed E-state index contributed by atoms with van der Waals surface area (Å²) >= 11 is 1.46. The van der Waals surface area contributed by atoms with Crippen LogP contribution in [0.4, 0.5) is 4.39 Å². The molecule has 0 bridgehead atoms. The summed E-state index contributed by atoms with van der Waals surface area (Å²) < 4.78 is 13.0. The van der Waals surface area contributed by atoms with Gasteiger partial charge in [-0.25, -0.2) is 9.37 Å². The Morgan fingerprint density at radius 3 is 2.48 bits per heavy atom. The topological polar surface area (TPSA) is 36.4 Å². The van der Waals surface area contributed by atoms with Gasteiger partial charge in [-0.2, -0.15) is 0 Å². The first-order valence-electron chi connectivity index (χ1n) is 7.83. The number of carbonyl (C=O) groups excluding carboxylic acids is 1. The van der Waals surface area contributed by atoms with Gasteiger partial charge in [-0.05, 0) is 29.5 Å². The third-order valence-electron chi connectivity index (χ3n) is 4.82. The first kappa shape index (κ1) is 14.8. The van der Waals surface area contributed by atoms with Crippen LogP contribution in [-0.2, 0) is 6.54 Å². The highest BCUT2D eigenvalue weighted by molar-refractivity contribution is 7.07. The molecule has 0 saturated carbocycles. The maximum absolute atomic E-state index is 13.0. The molecule has 4 nitrogen and oxygen atoms in total. The van der Waals surface area contributed by atoms with Crippen LogP contribution >= 0.6 is 11.3 Å². The van der Waals surface area contributed by atoms with Crippen molar-refractivity contribution in [3.63, 3.8) is 0 Å². The van der Waals surface area contributed by atoms with E-state index in [0.29, 0.717) is 17.5 Å². The molecule has 1 amide bonds. The Kier molecular flexibility index (Phi) is 3.87. The highest BCUT2D eigenvalue weighted by Gasteiger charge is 2.41. The van der Waals surface area contributed by atoms with Crippen LogP contribution < -0.4 is 0 Å². The molecule has 120 valence electrons. The van der Waals surface area contributed by atoms with Crippen LogP contribution in [-0.4, -0.2) is 46.9 Å². The van der Waals surface area contributed by atoms with Crippen LogP contribution in [0.2, 0.25) is 0 Å². The van der Waals surface area contributed by atoms with Crippen LogP contribution in [0, 0.1) is 17.7 Å². The lowest BCUT2D eigenvalue weighted by atomic mass is 10.0. The van der Waals surface area contributed by atoms with E-state index in [1.54, 1.807) is 5.51 Å². The zero-order chi connectivity index (χ0) is 15.8. The maximum atomic E-state index is 13.0. The minimum atomic E-state index is -0.191. The summed E-state index contributed by atoms with van der Waals surface area (Å²) in [5.74, 6) is 0.949. The average Bonchev–Trinajstić information content (AvgIpc) is 3.24. The summed E-state index contributed by atoms with van der Waals surface area (Å²) in [6, 6.07) is 6.73. The molecule has 0 aliphatic carbocycles. The third kappa shape index (κ3) is 3.01. The number of fused-ring (bicyclic) bond motifs is 1. The van der Waals surface area contributed by atoms with Gasteiger partial charge in [-0.3, -0.25) is 9.69 Å². The van der Waals surface area contributed by atoms with Crippen LogP contribution in [0.1, 0.15) is 16.1 Å². The summed E-state index contributed by atoms with van der Waals surface area (Å²) in [6.07, 6.45) is 0. The molecule has 0 unspecified atom stereocenters. The first-order chi connectivity index (χ1) is 11.2. The third-order valence-corrected chi connectivity index (χ3v) is 5.41. The monoisotopic (exact) mass is 331 g/mol. The van der Waals surface area contributed by atoms with E-state index in [9.17, 15) is 9.18 Å². The Labute approximate surface area is 138 Å². The van der Waals surface area contributed by atoms with Gasteiger partial charge in [0.1, 0.15) is 11.5 Å². The Hall–Kier alpha value is -1.79. The molecule has 2 fully saturated rings. The van der Waals surface area contributed by atoms with Gasteiger partial charge in [0.15, 0.2) is 0 Å². The molecule has 2 aliphatic heterocycles. The molecule has 1 aromatic carbocycles. The van der Waals surface area contributed by atoms with Crippen molar-refractivity contribution in [2.24, 2.45) is 11.8 Å². The van der Waals surface area contributed by atoms with E-state index in [0.717, 1.165) is 38.3 Å². The van der Waals surface area contributed by atoms with Gasteiger partial charge in [0, 0.05) is 38.1 Å². The number of nitrogens with zero attached hydrogens (tertiary/aromatic N) is 3. The summed E-state index contributed by atoms with van der Waals surface area (Å²) in [5, 5.41) is 1.82. The fourth-order valence-electron chi connectivity index (χ4n) is 3.71. The smallest absolute Gasteiger partial charge is 0.273 e. The van der Waals surface area contributed by atoms with E-state index < -0.39 is 0 Å². The van der Waals surface area contributed by atoms with E-state index >= 15 is 0 Å². The van der Waals surface area contributed by atoms with Gasteiger partial charge < -0.3 is 4.90 Å². The predicted molar refractivity (Wildman–Crippen MR) is 86.7 cm³/mol. The summed E-state index contributed by atoms with van der Waals surface area (Å²) in [5.41, 5.74) is 3.41. The largest absolute Gasteiger partial charge is 0.337 e. The van der Waals surface area contributed by atoms with Gasteiger partial charge in [0.2, 0.25) is 0 Å². The molecule has 23 heavy (non-hydrogen) atoms. The Morgan fingerprint density at radius 2 is 1.87 bits per heavy atom. The molecule has 4 rings (SSSR count). The van der Waals surface area contributed by atoms with Gasteiger partial charge >= 0.3 is 0 Å². The van der Waals surface area contributed by atoms with Crippen LogP contribution in [0.5, 0.6) is 0 Å². The number of amides is 1. The quantitative estimate of drug-likeness (QED) is 0.867. The fraction of sp³-hybridized carbons (Fsp3) is 0.412. The van der Waals surface area contributed by atoms with Gasteiger partial charge in [-0.15, -0.1) is 11.3 Å². The molecular formula is C17H18FN3OS. The lowest BCUT2D eigenvalue weighted by Crippen LogP contribution is -2.33. The second kappa shape index (κ2) is 6.02. The number of hydrogen-bond donors (Lipinski definition) is 0. The molecule has 1 aromatic heterocycles. The van der Waals surface area contributed by atoms with Crippen molar-refractivity contribution in [1.82, 2.24) is 14.8 Å². The fourth-order valence-corrected chi connectivity index (χ4v) is 4.24. The van der Waals surface area contributed by atoms with Crippen LogP contribution in [0.25, 0.3) is 0 Å². The Morgan fingerprint density at radius 1 is 1.17 bits per heavy atom. The van der Waals surface area contributed by atoms with E-state index in [4.69, 9.17) is 0 Å². The molecule has 0 radical (unpaired) electrons. The number of aromatic nitrogens is 1. The Bertz CT molecular complexity index is 674. The SMILES string of the molecule is O=C(c1cscn1)N1C[C@@H]2CN(Cc3ccc(F)cc3)C[C@H]2C1. The molecule has 2 aromatic rings. The number of carbonyl (C=O) groups is 1. The van der Waals surface area contributed by atoms with Crippen molar-refractivity contribution in [3.8, 4) is 0 Å². The van der Waals surface area contributed by atoms with E-state index in [-0.39, 0.29) is 11.7 Å². The zero-order valence-electron chi connectivity index (χ0n) is 12.7. The molecule has 0 N–H and O–H groups in total. The molecule has 2 atom stereocenters. The lowest BCUT2D eigenvalue weighted by molar-refractivity contribution is 0.0768. The molecule has 6 heteroatoms. The van der Waals surface area contributed by atoms with Crippen molar-refractivity contribution in [1.29, 1.82) is 0 Å². The molecule has 2 aliphatic rings. The summed E-state index contributed by atoms with van der Waals surface area (Å²) in [4.78, 5) is 20.8.